The van der Waals surface area contributed by atoms with Crippen molar-refractivity contribution in [1.29, 1.82) is 0 Å². The van der Waals surface area contributed by atoms with Gasteiger partial charge in [-0.3, -0.25) is 0 Å². The molecule has 1 aromatic rings. The Morgan fingerprint density at radius 2 is 2.15 bits per heavy atom. The van der Waals surface area contributed by atoms with Gasteiger partial charge in [-0.05, 0) is 24.6 Å². The summed E-state index contributed by atoms with van der Waals surface area (Å²) in [6, 6.07) is 3.72. The molecule has 0 fully saturated rings. The number of benzene rings is 1. The van der Waals surface area contributed by atoms with E-state index in [9.17, 15) is 23.1 Å². The first-order chi connectivity index (χ1) is 9.31. The van der Waals surface area contributed by atoms with Crippen LogP contribution in [0.1, 0.15) is 24.2 Å². The van der Waals surface area contributed by atoms with Crippen LogP contribution in [0.4, 0.5) is 13.2 Å². The summed E-state index contributed by atoms with van der Waals surface area (Å²) >= 11 is 0. The number of alkyl halides is 3. The van der Waals surface area contributed by atoms with Crippen molar-refractivity contribution in [3.8, 4) is 0 Å². The highest BCUT2D eigenvalue weighted by molar-refractivity contribution is 6.35. The van der Waals surface area contributed by atoms with E-state index >= 15 is 0 Å². The summed E-state index contributed by atoms with van der Waals surface area (Å²) < 4.78 is 42.1. The Morgan fingerprint density at radius 1 is 1.50 bits per heavy atom. The first kappa shape index (κ1) is 15.9. The van der Waals surface area contributed by atoms with Crippen LogP contribution in [0.3, 0.4) is 0 Å². The van der Waals surface area contributed by atoms with E-state index in [1.807, 2.05) is 0 Å². The van der Waals surface area contributed by atoms with E-state index in [-0.39, 0.29) is 12.2 Å². The Labute approximate surface area is 112 Å². The Bertz CT molecular complexity index is 551. The second-order valence-electron chi connectivity index (χ2n) is 3.73. The maximum absolute atomic E-state index is 12.5. The first-order valence-corrected chi connectivity index (χ1v) is 5.55. The second kappa shape index (κ2) is 6.31. The summed E-state index contributed by atoms with van der Waals surface area (Å²) in [6.45, 7) is 1.46. The summed E-state index contributed by atoms with van der Waals surface area (Å²) in [7, 11) is 0. The zero-order valence-corrected chi connectivity index (χ0v) is 10.4. The standard InChI is InChI=1S/C12H11F3N2O3/c1-2-20-11(19)9(17-16)10(18)7-4-3-5-8(6-7)12(13,14)15/h3-6,10,18H,2H2,1H3. The molecule has 0 saturated carbocycles. The van der Waals surface area contributed by atoms with Gasteiger partial charge in [-0.25, -0.2) is 4.79 Å². The molecule has 1 rings (SSSR count). The lowest BCUT2D eigenvalue weighted by Gasteiger charge is -2.10. The maximum atomic E-state index is 12.5. The molecule has 0 bridgehead atoms. The van der Waals surface area contributed by atoms with Crippen LogP contribution in [0.25, 0.3) is 5.53 Å². The van der Waals surface area contributed by atoms with Crippen LogP contribution in [-0.4, -0.2) is 28.2 Å². The second-order valence-corrected chi connectivity index (χ2v) is 3.73. The number of rotatable bonds is 4. The smallest absolute Gasteiger partial charge is 0.420 e. The topological polar surface area (TPSA) is 82.9 Å². The number of hydrogen-bond donors (Lipinski definition) is 1. The molecule has 0 aliphatic carbocycles. The van der Waals surface area contributed by atoms with Crippen molar-refractivity contribution in [3.05, 3.63) is 40.9 Å². The predicted octanol–water partition coefficient (Wildman–Crippen LogP) is 1.97. The number of ether oxygens (including phenoxy) is 1. The minimum Gasteiger partial charge on any atom is -0.457 e. The molecular formula is C12H11F3N2O3. The third-order valence-corrected chi connectivity index (χ3v) is 2.38. The Hall–Kier alpha value is -2.18. The highest BCUT2D eigenvalue weighted by atomic mass is 19.4. The van der Waals surface area contributed by atoms with Gasteiger partial charge in [-0.2, -0.15) is 18.0 Å². The van der Waals surface area contributed by atoms with Crippen molar-refractivity contribution in [2.75, 3.05) is 6.61 Å². The lowest BCUT2D eigenvalue weighted by molar-refractivity contribution is -0.141. The molecule has 20 heavy (non-hydrogen) atoms. The van der Waals surface area contributed by atoms with Crippen LogP contribution < -0.4 is 0 Å². The Balaban J connectivity index is 3.11. The van der Waals surface area contributed by atoms with Gasteiger partial charge in [0, 0.05) is 0 Å². The van der Waals surface area contributed by atoms with E-state index in [1.165, 1.54) is 13.0 Å². The van der Waals surface area contributed by atoms with E-state index in [0.717, 1.165) is 12.1 Å². The molecule has 1 unspecified atom stereocenters. The molecule has 1 N–H and O–H groups in total. The van der Waals surface area contributed by atoms with E-state index in [2.05, 4.69) is 9.53 Å². The highest BCUT2D eigenvalue weighted by Gasteiger charge is 2.35. The molecule has 1 aromatic carbocycles. The minimum atomic E-state index is -4.59. The zero-order valence-electron chi connectivity index (χ0n) is 10.4. The van der Waals surface area contributed by atoms with Gasteiger partial charge in [0.1, 0.15) is 0 Å². The van der Waals surface area contributed by atoms with E-state index in [4.69, 9.17) is 5.53 Å². The molecule has 0 aromatic heterocycles. The molecule has 0 saturated heterocycles. The van der Waals surface area contributed by atoms with Crippen LogP contribution in [0, 0.1) is 0 Å². The summed E-state index contributed by atoms with van der Waals surface area (Å²) in [5, 5.41) is 9.81. The molecule has 0 spiro atoms. The number of carbonyl (C=O) groups excluding carboxylic acids is 1. The summed E-state index contributed by atoms with van der Waals surface area (Å²) in [5.41, 5.74) is 6.68. The lowest BCUT2D eigenvalue weighted by Crippen LogP contribution is -2.26. The summed E-state index contributed by atoms with van der Waals surface area (Å²) in [4.78, 5) is 14.0. The van der Waals surface area contributed by atoms with Crippen LogP contribution >= 0.6 is 0 Å². The van der Waals surface area contributed by atoms with Crippen LogP contribution in [-0.2, 0) is 15.7 Å². The maximum Gasteiger partial charge on any atom is 0.420 e. The van der Waals surface area contributed by atoms with Crippen LogP contribution in [0.15, 0.2) is 24.3 Å². The molecular weight excluding hydrogens is 277 g/mol. The number of esters is 1. The van der Waals surface area contributed by atoms with Gasteiger partial charge in [0.25, 0.3) is 0 Å². The first-order valence-electron chi connectivity index (χ1n) is 5.55. The van der Waals surface area contributed by atoms with Gasteiger partial charge in [0.05, 0.1) is 12.2 Å². The molecule has 0 heterocycles. The van der Waals surface area contributed by atoms with Crippen molar-refractivity contribution in [1.82, 2.24) is 0 Å². The minimum absolute atomic E-state index is 0.0346. The van der Waals surface area contributed by atoms with Gasteiger partial charge in [0.2, 0.25) is 0 Å². The van der Waals surface area contributed by atoms with Gasteiger partial charge < -0.3 is 15.4 Å². The fourth-order valence-electron chi connectivity index (χ4n) is 1.46. The van der Waals surface area contributed by atoms with Gasteiger partial charge in [-0.15, -0.1) is 0 Å². The van der Waals surface area contributed by atoms with Crippen molar-refractivity contribution < 1.29 is 32.6 Å². The third-order valence-electron chi connectivity index (χ3n) is 2.38. The molecule has 8 heteroatoms. The van der Waals surface area contributed by atoms with Crippen LogP contribution in [0.2, 0.25) is 0 Å². The van der Waals surface area contributed by atoms with Crippen molar-refractivity contribution >= 4 is 11.7 Å². The molecule has 5 nitrogen and oxygen atoms in total. The number of halogens is 3. The fraction of sp³-hybridized carbons (Fsp3) is 0.333. The largest absolute Gasteiger partial charge is 0.457 e. The number of hydrogen-bond acceptors (Lipinski definition) is 3. The monoisotopic (exact) mass is 288 g/mol. The quantitative estimate of drug-likeness (QED) is 0.398. The zero-order chi connectivity index (χ0) is 15.3. The normalized spacial score (nSPS) is 12.4. The van der Waals surface area contributed by atoms with Gasteiger partial charge in [-0.1, -0.05) is 12.1 Å². The lowest BCUT2D eigenvalue weighted by atomic mass is 10.0. The fourth-order valence-corrected chi connectivity index (χ4v) is 1.46. The Morgan fingerprint density at radius 3 is 2.65 bits per heavy atom. The molecule has 0 amide bonds. The number of aliphatic hydroxyl groups is 1. The van der Waals surface area contributed by atoms with E-state index in [1.54, 1.807) is 0 Å². The van der Waals surface area contributed by atoms with Gasteiger partial charge in [0.15, 0.2) is 6.10 Å². The number of carbonyl (C=O) groups is 1. The van der Waals surface area contributed by atoms with Crippen LogP contribution in [0.5, 0.6) is 0 Å². The van der Waals surface area contributed by atoms with E-state index < -0.39 is 29.5 Å². The molecule has 0 aliphatic rings. The SMILES string of the molecule is CCOC(=O)C(=[N+]=[N-])C(O)c1cccc(C(F)(F)F)c1. The molecule has 108 valence electrons. The van der Waals surface area contributed by atoms with Crippen molar-refractivity contribution in [2.24, 2.45) is 0 Å². The summed E-state index contributed by atoms with van der Waals surface area (Å²) in [5.74, 6) is -1.11. The van der Waals surface area contributed by atoms with Crippen molar-refractivity contribution in [2.45, 2.75) is 19.2 Å². The Kier molecular flexibility index (Phi) is 5.01. The average Bonchev–Trinajstić information content (AvgIpc) is 2.39. The third kappa shape index (κ3) is 3.66. The number of aliphatic hydroxyl groups excluding tert-OH is 1. The summed E-state index contributed by atoms with van der Waals surface area (Å²) in [6.07, 6.45) is -6.41. The highest BCUT2D eigenvalue weighted by Crippen LogP contribution is 2.30. The van der Waals surface area contributed by atoms with E-state index in [0.29, 0.717) is 6.07 Å². The molecule has 0 aliphatic heterocycles. The van der Waals surface area contributed by atoms with Gasteiger partial charge >= 0.3 is 17.9 Å². The predicted molar refractivity (Wildman–Crippen MR) is 61.7 cm³/mol. The molecule has 0 radical (unpaired) electrons. The molecule has 1 atom stereocenters. The average molecular weight is 288 g/mol. The number of nitrogens with zero attached hydrogens (tertiary/aromatic N) is 2. The van der Waals surface area contributed by atoms with Crippen molar-refractivity contribution in [3.63, 3.8) is 0 Å².